The molecule has 0 saturated heterocycles. The van der Waals surface area contributed by atoms with E-state index in [1.807, 2.05) is 0 Å². The molecule has 0 saturated carbocycles. The molecule has 0 aliphatic carbocycles. The van der Waals surface area contributed by atoms with Gasteiger partial charge in [0.25, 0.3) is 11.8 Å². The fraction of sp³-hybridized carbons (Fsp3) is 0.125. The van der Waals surface area contributed by atoms with Gasteiger partial charge in [0.15, 0.2) is 11.5 Å². The number of ether oxygens (including phenoxy) is 3. The first-order chi connectivity index (χ1) is 16.8. The number of halogens is 2. The lowest BCUT2D eigenvalue weighted by atomic mass is 10.1. The number of methoxy groups -OCH3 is 3. The summed E-state index contributed by atoms with van der Waals surface area (Å²) in [7, 11) is 4.37. The zero-order valence-corrected chi connectivity index (χ0v) is 22.1. The Morgan fingerprint density at radius 1 is 0.943 bits per heavy atom. The van der Waals surface area contributed by atoms with Crippen LogP contribution in [-0.2, 0) is 0 Å². The van der Waals surface area contributed by atoms with Crippen LogP contribution in [-0.4, -0.2) is 44.5 Å². The van der Waals surface area contributed by atoms with Crippen LogP contribution in [0.15, 0.2) is 62.6 Å². The second-order valence-electron chi connectivity index (χ2n) is 6.94. The molecule has 3 aromatic carbocycles. The number of hydrogen-bond donors (Lipinski definition) is 3. The van der Waals surface area contributed by atoms with Gasteiger partial charge in [-0.05, 0) is 52.3 Å². The zero-order valence-electron chi connectivity index (χ0n) is 18.9. The Morgan fingerprint density at radius 3 is 2.23 bits per heavy atom. The molecule has 11 heteroatoms. The number of anilines is 1. The Labute approximate surface area is 218 Å². The van der Waals surface area contributed by atoms with E-state index < -0.39 is 11.8 Å². The molecule has 0 fully saturated rings. The molecule has 0 radical (unpaired) electrons. The van der Waals surface area contributed by atoms with Crippen molar-refractivity contribution in [2.24, 2.45) is 5.10 Å². The van der Waals surface area contributed by atoms with Crippen molar-refractivity contribution in [1.29, 1.82) is 0 Å². The molecule has 3 aromatic rings. The molecule has 0 aliphatic heterocycles. The van der Waals surface area contributed by atoms with Gasteiger partial charge in [-0.2, -0.15) is 5.10 Å². The number of nitrogens with zero attached hydrogens (tertiary/aromatic N) is 1. The van der Waals surface area contributed by atoms with Gasteiger partial charge >= 0.3 is 0 Å². The highest BCUT2D eigenvalue weighted by atomic mass is 79.9. The molecule has 2 amide bonds. The normalized spacial score (nSPS) is 10.7. The summed E-state index contributed by atoms with van der Waals surface area (Å²) in [5.41, 5.74) is 3.48. The van der Waals surface area contributed by atoms with Gasteiger partial charge in [0.1, 0.15) is 5.75 Å². The number of hydrogen-bond acceptors (Lipinski definition) is 7. The average molecular weight is 607 g/mol. The molecular weight excluding hydrogens is 586 g/mol. The summed E-state index contributed by atoms with van der Waals surface area (Å²) in [6.45, 7) is 0. The Balaban J connectivity index is 1.81. The van der Waals surface area contributed by atoms with Gasteiger partial charge in [-0.15, -0.1) is 0 Å². The van der Waals surface area contributed by atoms with Crippen LogP contribution in [0.5, 0.6) is 23.0 Å². The highest BCUT2D eigenvalue weighted by Gasteiger charge is 2.19. The van der Waals surface area contributed by atoms with Crippen molar-refractivity contribution in [2.75, 3.05) is 26.6 Å². The van der Waals surface area contributed by atoms with Gasteiger partial charge in [0.2, 0.25) is 5.75 Å². The molecule has 182 valence electrons. The van der Waals surface area contributed by atoms with Crippen LogP contribution < -0.4 is 25.0 Å². The third-order valence-electron chi connectivity index (χ3n) is 4.77. The Bertz CT molecular complexity index is 1270. The van der Waals surface area contributed by atoms with Crippen molar-refractivity contribution in [2.45, 2.75) is 0 Å². The lowest BCUT2D eigenvalue weighted by molar-refractivity contribution is 0.0956. The minimum atomic E-state index is -0.560. The predicted octanol–water partition coefficient (Wildman–Crippen LogP) is 4.96. The van der Waals surface area contributed by atoms with Crippen LogP contribution >= 0.6 is 31.9 Å². The molecule has 0 unspecified atom stereocenters. The molecule has 0 heterocycles. The maximum absolute atomic E-state index is 13.0. The maximum atomic E-state index is 13.0. The molecule has 0 aliphatic rings. The van der Waals surface area contributed by atoms with Crippen LogP contribution in [0.1, 0.15) is 26.3 Å². The average Bonchev–Trinajstić information content (AvgIpc) is 2.85. The third-order valence-corrected chi connectivity index (χ3v) is 5.84. The van der Waals surface area contributed by atoms with Crippen molar-refractivity contribution in [3.05, 3.63) is 74.2 Å². The number of amides is 2. The van der Waals surface area contributed by atoms with Crippen molar-refractivity contribution in [3.63, 3.8) is 0 Å². The number of phenolic OH excluding ortho intramolecular Hbond substituents is 1. The SMILES string of the molecule is COc1cc(C(=O)Nc2ccccc2C(=O)N/N=C\c2cc(Br)cc(Br)c2O)cc(OC)c1OC. The highest BCUT2D eigenvalue weighted by molar-refractivity contribution is 9.11. The Kier molecular flexibility index (Phi) is 8.72. The molecule has 0 aromatic heterocycles. The standard InChI is InChI=1S/C24H21Br2N3O6/c1-33-19-9-13(10-20(34-2)22(19)35-3)23(31)28-18-7-5-4-6-16(18)24(32)29-27-12-14-8-15(25)11-17(26)21(14)30/h4-12,30H,1-3H3,(H,28,31)(H,29,32)/b27-12-. The number of carbonyl (C=O) groups is 2. The molecule has 9 nitrogen and oxygen atoms in total. The van der Waals surface area contributed by atoms with Gasteiger partial charge in [-0.25, -0.2) is 5.43 Å². The summed E-state index contributed by atoms with van der Waals surface area (Å²) < 4.78 is 17.1. The summed E-state index contributed by atoms with van der Waals surface area (Å²) in [5, 5.41) is 16.8. The molecule has 3 rings (SSSR count). The van der Waals surface area contributed by atoms with Crippen LogP contribution in [0.2, 0.25) is 0 Å². The van der Waals surface area contributed by atoms with E-state index in [-0.39, 0.29) is 22.6 Å². The Hall–Kier alpha value is -3.57. The van der Waals surface area contributed by atoms with E-state index in [2.05, 4.69) is 47.7 Å². The van der Waals surface area contributed by atoms with E-state index in [9.17, 15) is 14.7 Å². The number of nitrogens with one attached hydrogen (secondary N) is 2. The summed E-state index contributed by atoms with van der Waals surface area (Å²) >= 11 is 6.57. The molecule has 0 spiro atoms. The van der Waals surface area contributed by atoms with Gasteiger partial charge < -0.3 is 24.6 Å². The summed E-state index contributed by atoms with van der Waals surface area (Å²) in [6, 6.07) is 12.8. The van der Waals surface area contributed by atoms with Crippen molar-refractivity contribution < 1.29 is 28.9 Å². The molecular formula is C24H21Br2N3O6. The van der Waals surface area contributed by atoms with Gasteiger partial charge in [-0.1, -0.05) is 28.1 Å². The topological polar surface area (TPSA) is 118 Å². The second-order valence-corrected chi connectivity index (χ2v) is 8.71. The quantitative estimate of drug-likeness (QED) is 0.246. The minimum absolute atomic E-state index is 0.0239. The van der Waals surface area contributed by atoms with E-state index in [0.29, 0.717) is 27.3 Å². The van der Waals surface area contributed by atoms with Crippen LogP contribution in [0.25, 0.3) is 0 Å². The van der Waals surface area contributed by atoms with Crippen molar-refractivity contribution in [1.82, 2.24) is 5.43 Å². The Morgan fingerprint density at radius 2 is 1.60 bits per heavy atom. The van der Waals surface area contributed by atoms with E-state index in [0.717, 1.165) is 4.47 Å². The molecule has 0 atom stereocenters. The number of carbonyl (C=O) groups excluding carboxylic acids is 2. The van der Waals surface area contributed by atoms with Crippen molar-refractivity contribution in [3.8, 4) is 23.0 Å². The largest absolute Gasteiger partial charge is 0.506 e. The maximum Gasteiger partial charge on any atom is 0.273 e. The first kappa shape index (κ1) is 26.0. The lowest BCUT2D eigenvalue weighted by Crippen LogP contribution is -2.21. The van der Waals surface area contributed by atoms with Gasteiger partial charge in [0, 0.05) is 15.6 Å². The van der Waals surface area contributed by atoms with Gasteiger partial charge in [-0.3, -0.25) is 9.59 Å². The monoisotopic (exact) mass is 605 g/mol. The number of aromatic hydroxyl groups is 1. The summed E-state index contributed by atoms with van der Waals surface area (Å²) in [5.74, 6) is -0.0796. The first-order valence-corrected chi connectivity index (χ1v) is 11.6. The number of rotatable bonds is 8. The van der Waals surface area contributed by atoms with Gasteiger partial charge in [0.05, 0.1) is 43.3 Å². The van der Waals surface area contributed by atoms with E-state index in [1.54, 1.807) is 36.4 Å². The minimum Gasteiger partial charge on any atom is -0.506 e. The highest BCUT2D eigenvalue weighted by Crippen LogP contribution is 2.38. The van der Waals surface area contributed by atoms with Crippen LogP contribution in [0, 0.1) is 0 Å². The fourth-order valence-electron chi connectivity index (χ4n) is 3.10. The number of phenols is 1. The van der Waals surface area contributed by atoms with E-state index in [1.165, 1.54) is 39.7 Å². The first-order valence-electron chi connectivity index (χ1n) is 10.0. The molecule has 0 bridgehead atoms. The summed E-state index contributed by atoms with van der Waals surface area (Å²) in [6.07, 6.45) is 1.31. The fourth-order valence-corrected chi connectivity index (χ4v) is 4.36. The number of hydrazone groups is 1. The van der Waals surface area contributed by atoms with E-state index in [4.69, 9.17) is 14.2 Å². The number of para-hydroxylation sites is 1. The number of benzene rings is 3. The van der Waals surface area contributed by atoms with Crippen molar-refractivity contribution >= 4 is 55.6 Å². The summed E-state index contributed by atoms with van der Waals surface area (Å²) in [4.78, 5) is 25.7. The second kappa shape index (κ2) is 11.7. The molecule has 35 heavy (non-hydrogen) atoms. The predicted molar refractivity (Wildman–Crippen MR) is 139 cm³/mol. The van der Waals surface area contributed by atoms with Crippen LogP contribution in [0.4, 0.5) is 5.69 Å². The smallest absolute Gasteiger partial charge is 0.273 e. The zero-order chi connectivity index (χ0) is 25.5. The molecule has 3 N–H and O–H groups in total. The van der Waals surface area contributed by atoms with Crippen LogP contribution in [0.3, 0.4) is 0 Å². The van der Waals surface area contributed by atoms with E-state index >= 15 is 0 Å². The third kappa shape index (κ3) is 6.11. The lowest BCUT2D eigenvalue weighted by Gasteiger charge is -2.15.